The van der Waals surface area contributed by atoms with Crippen LogP contribution < -0.4 is 19.9 Å². The van der Waals surface area contributed by atoms with Gasteiger partial charge in [-0.2, -0.15) is 13.2 Å². The van der Waals surface area contributed by atoms with Crippen molar-refractivity contribution in [3.63, 3.8) is 0 Å². The van der Waals surface area contributed by atoms with Gasteiger partial charge in [0.05, 0.1) is 30.3 Å². The van der Waals surface area contributed by atoms with Crippen molar-refractivity contribution in [2.75, 3.05) is 32.8 Å². The topological polar surface area (TPSA) is 105 Å². The number of anilines is 1. The van der Waals surface area contributed by atoms with Gasteiger partial charge in [-0.1, -0.05) is 12.0 Å². The van der Waals surface area contributed by atoms with E-state index in [-0.39, 0.29) is 16.6 Å². The number of hydrogen-bond acceptors (Lipinski definition) is 6. The van der Waals surface area contributed by atoms with E-state index >= 15 is 0 Å². The van der Waals surface area contributed by atoms with Crippen LogP contribution in [0.3, 0.4) is 0 Å². The van der Waals surface area contributed by atoms with E-state index in [2.05, 4.69) is 17.2 Å². The Labute approximate surface area is 225 Å². The van der Waals surface area contributed by atoms with Crippen molar-refractivity contribution in [1.82, 2.24) is 4.57 Å². The Balaban J connectivity index is 1.66. The van der Waals surface area contributed by atoms with Crippen LogP contribution in [0.2, 0.25) is 0 Å². The molecule has 0 aliphatic carbocycles. The molecule has 4 rings (SSSR count). The highest BCUT2D eigenvalue weighted by atomic mass is 32.2. The number of primary sulfonamides is 1. The molecule has 0 saturated carbocycles. The fourth-order valence-electron chi connectivity index (χ4n) is 4.54. The first-order valence-corrected chi connectivity index (χ1v) is 13.8. The fourth-order valence-corrected chi connectivity index (χ4v) is 5.07. The van der Waals surface area contributed by atoms with Gasteiger partial charge >= 0.3 is 6.18 Å². The van der Waals surface area contributed by atoms with Gasteiger partial charge in [-0.3, -0.25) is 0 Å². The van der Waals surface area contributed by atoms with Crippen molar-refractivity contribution in [1.29, 1.82) is 0 Å². The first-order valence-electron chi connectivity index (χ1n) is 12.3. The van der Waals surface area contributed by atoms with Crippen LogP contribution in [0.1, 0.15) is 30.5 Å². The van der Waals surface area contributed by atoms with E-state index in [0.29, 0.717) is 59.7 Å². The van der Waals surface area contributed by atoms with Crippen LogP contribution in [0.5, 0.6) is 11.5 Å². The van der Waals surface area contributed by atoms with Crippen molar-refractivity contribution < 1.29 is 35.8 Å². The number of methoxy groups -OCH3 is 2. The first kappa shape index (κ1) is 28.6. The quantitative estimate of drug-likeness (QED) is 0.392. The number of benzene rings is 2. The molecule has 0 radical (unpaired) electrons. The molecule has 12 heteroatoms. The molecule has 8 nitrogen and oxygen atoms in total. The highest BCUT2D eigenvalue weighted by Gasteiger charge is 2.30. The summed E-state index contributed by atoms with van der Waals surface area (Å²) in [6, 6.07) is 9.45. The van der Waals surface area contributed by atoms with E-state index in [1.807, 2.05) is 0 Å². The molecule has 0 amide bonds. The zero-order chi connectivity index (χ0) is 28.2. The summed E-state index contributed by atoms with van der Waals surface area (Å²) in [5.41, 5.74) is 1.97. The molecule has 2 heterocycles. The molecule has 0 bridgehead atoms. The van der Waals surface area contributed by atoms with Gasteiger partial charge in [-0.25, -0.2) is 13.6 Å². The molecule has 0 spiro atoms. The molecular formula is C27H30F3N3O5S. The van der Waals surface area contributed by atoms with Gasteiger partial charge in [-0.15, -0.1) is 0 Å². The Morgan fingerprint density at radius 1 is 1.13 bits per heavy atom. The van der Waals surface area contributed by atoms with Gasteiger partial charge in [-0.05, 0) is 42.9 Å². The second-order valence-electron chi connectivity index (χ2n) is 9.19. The minimum absolute atomic E-state index is 0.0774. The monoisotopic (exact) mass is 565 g/mol. The predicted molar refractivity (Wildman–Crippen MR) is 142 cm³/mol. The molecule has 1 aliphatic rings. The Bertz CT molecular complexity index is 1500. The minimum Gasteiger partial charge on any atom is -0.497 e. The third-order valence-electron chi connectivity index (χ3n) is 6.47. The molecule has 1 saturated heterocycles. The highest BCUT2D eigenvalue weighted by Crippen LogP contribution is 2.35. The van der Waals surface area contributed by atoms with Crippen molar-refractivity contribution in [2.24, 2.45) is 5.14 Å². The zero-order valence-corrected chi connectivity index (χ0v) is 22.4. The molecule has 39 heavy (non-hydrogen) atoms. The van der Waals surface area contributed by atoms with Crippen LogP contribution in [0.4, 0.5) is 18.9 Å². The summed E-state index contributed by atoms with van der Waals surface area (Å²) in [6.45, 7) is 0.0332. The summed E-state index contributed by atoms with van der Waals surface area (Å²) >= 11 is 0. The molecule has 2 aromatic carbocycles. The lowest BCUT2D eigenvalue weighted by atomic mass is 10.1. The van der Waals surface area contributed by atoms with Crippen molar-refractivity contribution >= 4 is 26.6 Å². The summed E-state index contributed by atoms with van der Waals surface area (Å²) in [6.07, 6.45) is -2.19. The number of ether oxygens (including phenoxy) is 3. The van der Waals surface area contributed by atoms with Gasteiger partial charge < -0.3 is 24.1 Å². The van der Waals surface area contributed by atoms with Crippen molar-refractivity contribution in [3.05, 3.63) is 47.7 Å². The summed E-state index contributed by atoms with van der Waals surface area (Å²) in [4.78, 5) is -0.0774. The molecule has 1 aliphatic heterocycles. The Morgan fingerprint density at radius 3 is 2.51 bits per heavy atom. The van der Waals surface area contributed by atoms with Gasteiger partial charge in [0.15, 0.2) is 0 Å². The molecule has 3 N–H and O–H groups in total. The SMILES string of the molecule is COc1cc(NC2CCOCC2)c2cc(C#CCCc3ccc(S(N)(=O)=O)cc3OC)n(CC(F)(F)F)c2c1. The van der Waals surface area contributed by atoms with Crippen molar-refractivity contribution in [2.45, 2.75) is 49.3 Å². The standard InChI is InChI=1S/C27H30F3N3O5S/c1-36-21-14-24(32-19-9-11-38-12-10-19)23-13-20(33(25(23)15-21)17-27(28,29)30)6-4-3-5-18-7-8-22(39(31,34)35)16-26(18)37-2/h7-8,13-16,19,32H,3,5,9-12,17H2,1-2H3,(H2,31,34,35). The number of nitrogens with one attached hydrogen (secondary N) is 1. The lowest BCUT2D eigenvalue weighted by Gasteiger charge is -2.25. The molecule has 1 aromatic heterocycles. The van der Waals surface area contributed by atoms with E-state index in [1.54, 1.807) is 24.3 Å². The highest BCUT2D eigenvalue weighted by molar-refractivity contribution is 7.89. The number of alkyl halides is 3. The van der Waals surface area contributed by atoms with Gasteiger partial charge in [0, 0.05) is 54.9 Å². The lowest BCUT2D eigenvalue weighted by Crippen LogP contribution is -2.27. The number of hydrogen-bond donors (Lipinski definition) is 2. The maximum Gasteiger partial charge on any atom is 0.406 e. The number of rotatable bonds is 8. The van der Waals surface area contributed by atoms with Crippen LogP contribution in [0.15, 0.2) is 41.3 Å². The zero-order valence-electron chi connectivity index (χ0n) is 21.6. The fraction of sp³-hybridized carbons (Fsp3) is 0.407. The van der Waals surface area contributed by atoms with E-state index in [1.165, 1.54) is 26.4 Å². The maximum absolute atomic E-state index is 13.6. The number of aromatic nitrogens is 1. The summed E-state index contributed by atoms with van der Waals surface area (Å²) in [7, 11) is -1.00. The predicted octanol–water partition coefficient (Wildman–Crippen LogP) is 4.44. The second kappa shape index (κ2) is 11.8. The van der Waals surface area contributed by atoms with Gasteiger partial charge in [0.2, 0.25) is 10.0 Å². The summed E-state index contributed by atoms with van der Waals surface area (Å²) in [5, 5.41) is 9.25. The normalized spacial score (nSPS) is 14.6. The lowest BCUT2D eigenvalue weighted by molar-refractivity contribution is -0.140. The van der Waals surface area contributed by atoms with Crippen molar-refractivity contribution in [3.8, 4) is 23.3 Å². The second-order valence-corrected chi connectivity index (χ2v) is 10.8. The van der Waals surface area contributed by atoms with E-state index in [4.69, 9.17) is 19.3 Å². The smallest absolute Gasteiger partial charge is 0.406 e. The van der Waals surface area contributed by atoms with E-state index in [0.717, 1.165) is 17.4 Å². The average Bonchev–Trinajstić information content (AvgIpc) is 3.22. The minimum atomic E-state index is -4.46. The summed E-state index contributed by atoms with van der Waals surface area (Å²) < 4.78 is 81.3. The third-order valence-corrected chi connectivity index (χ3v) is 7.38. The number of aryl methyl sites for hydroxylation is 1. The van der Waals surface area contributed by atoms with E-state index in [9.17, 15) is 21.6 Å². The third kappa shape index (κ3) is 7.17. The van der Waals surface area contributed by atoms with Gasteiger partial charge in [0.1, 0.15) is 18.0 Å². The maximum atomic E-state index is 13.6. The van der Waals surface area contributed by atoms with E-state index < -0.39 is 22.7 Å². The Hall–Kier alpha value is -3.40. The Morgan fingerprint density at radius 2 is 1.87 bits per heavy atom. The number of nitrogens with zero attached hydrogens (tertiary/aromatic N) is 1. The number of halogens is 3. The summed E-state index contributed by atoms with van der Waals surface area (Å²) in [5.74, 6) is 6.64. The van der Waals surface area contributed by atoms with Crippen LogP contribution in [0, 0.1) is 11.8 Å². The molecule has 0 atom stereocenters. The molecule has 1 fully saturated rings. The molecule has 0 unspecified atom stereocenters. The van der Waals surface area contributed by atoms with Gasteiger partial charge in [0.25, 0.3) is 0 Å². The first-order chi connectivity index (χ1) is 18.5. The average molecular weight is 566 g/mol. The van der Waals surface area contributed by atoms with Crippen LogP contribution in [-0.4, -0.2) is 52.6 Å². The largest absolute Gasteiger partial charge is 0.497 e. The van der Waals surface area contributed by atoms with Crippen LogP contribution in [0.25, 0.3) is 10.9 Å². The molecule has 3 aromatic rings. The molecule has 210 valence electrons. The number of fused-ring (bicyclic) bond motifs is 1. The Kier molecular flexibility index (Phi) is 8.64. The number of sulfonamides is 1. The van der Waals surface area contributed by atoms with Crippen LogP contribution in [-0.2, 0) is 27.7 Å². The van der Waals surface area contributed by atoms with Crippen LogP contribution >= 0.6 is 0 Å². The number of nitrogens with two attached hydrogens (primary N) is 1. The molecular weight excluding hydrogens is 535 g/mol.